The number of benzene rings is 1. The highest BCUT2D eigenvalue weighted by molar-refractivity contribution is 5.31. The Kier molecular flexibility index (Phi) is 3.41. The third kappa shape index (κ3) is 2.01. The van der Waals surface area contributed by atoms with Crippen LogP contribution >= 0.6 is 0 Å². The van der Waals surface area contributed by atoms with Crippen LogP contribution in [0.15, 0.2) is 12.1 Å². The molecule has 0 fully saturated rings. The first-order chi connectivity index (χ1) is 6.60. The Balaban J connectivity index is 3.18. The highest BCUT2D eigenvalue weighted by Gasteiger charge is 2.17. The van der Waals surface area contributed by atoms with Crippen molar-refractivity contribution in [2.75, 3.05) is 7.11 Å². The van der Waals surface area contributed by atoms with Crippen molar-refractivity contribution in [2.45, 2.75) is 19.4 Å². The molecular formula is C10H12F2O2. The van der Waals surface area contributed by atoms with Crippen molar-refractivity contribution >= 4 is 0 Å². The number of hydrogen-bond acceptors (Lipinski definition) is 2. The third-order valence-electron chi connectivity index (χ3n) is 2.01. The van der Waals surface area contributed by atoms with E-state index in [1.807, 2.05) is 0 Å². The molecule has 0 amide bonds. The summed E-state index contributed by atoms with van der Waals surface area (Å²) in [7, 11) is 1.32. The number of aliphatic hydroxyl groups is 1. The van der Waals surface area contributed by atoms with Gasteiger partial charge in [0.15, 0.2) is 0 Å². The van der Waals surface area contributed by atoms with Crippen LogP contribution in [0.2, 0.25) is 0 Å². The van der Waals surface area contributed by atoms with Gasteiger partial charge in [0.25, 0.3) is 0 Å². The Labute approximate surface area is 81.1 Å². The summed E-state index contributed by atoms with van der Waals surface area (Å²) in [6, 6.07) is 2.11. The van der Waals surface area contributed by atoms with Crippen molar-refractivity contribution in [2.24, 2.45) is 0 Å². The van der Waals surface area contributed by atoms with Crippen LogP contribution in [0.25, 0.3) is 0 Å². The van der Waals surface area contributed by atoms with Gasteiger partial charge >= 0.3 is 0 Å². The second-order valence-corrected chi connectivity index (χ2v) is 2.93. The fraction of sp³-hybridized carbons (Fsp3) is 0.400. The molecule has 2 nitrogen and oxygen atoms in total. The number of halogens is 2. The monoisotopic (exact) mass is 202 g/mol. The van der Waals surface area contributed by atoms with E-state index in [1.54, 1.807) is 6.92 Å². The van der Waals surface area contributed by atoms with Crippen LogP contribution in [-0.2, 0) is 0 Å². The second-order valence-electron chi connectivity index (χ2n) is 2.93. The van der Waals surface area contributed by atoms with Gasteiger partial charge in [-0.1, -0.05) is 6.92 Å². The van der Waals surface area contributed by atoms with Gasteiger partial charge < -0.3 is 9.84 Å². The number of aliphatic hydroxyl groups excluding tert-OH is 1. The molecule has 1 aromatic rings. The van der Waals surface area contributed by atoms with E-state index in [0.29, 0.717) is 0 Å². The van der Waals surface area contributed by atoms with Crippen molar-refractivity contribution in [3.8, 4) is 5.75 Å². The van der Waals surface area contributed by atoms with Gasteiger partial charge in [-0.05, 0) is 6.42 Å². The average Bonchev–Trinajstić information content (AvgIpc) is 2.16. The van der Waals surface area contributed by atoms with Crippen molar-refractivity contribution < 1.29 is 18.6 Å². The molecule has 1 N–H and O–H groups in total. The van der Waals surface area contributed by atoms with Crippen LogP contribution in [0.4, 0.5) is 8.78 Å². The molecule has 0 aromatic heterocycles. The maximum atomic E-state index is 13.3. The number of ether oxygens (including phenoxy) is 1. The van der Waals surface area contributed by atoms with Crippen LogP contribution in [0, 0.1) is 11.6 Å². The van der Waals surface area contributed by atoms with Crippen LogP contribution in [0.3, 0.4) is 0 Å². The third-order valence-corrected chi connectivity index (χ3v) is 2.01. The van der Waals surface area contributed by atoms with Gasteiger partial charge in [0.05, 0.1) is 18.8 Å². The molecule has 0 saturated heterocycles. The van der Waals surface area contributed by atoms with Crippen molar-refractivity contribution in [3.63, 3.8) is 0 Å². The maximum absolute atomic E-state index is 13.3. The lowest BCUT2D eigenvalue weighted by Crippen LogP contribution is -2.03. The maximum Gasteiger partial charge on any atom is 0.135 e. The number of hydrogen-bond donors (Lipinski definition) is 1. The van der Waals surface area contributed by atoms with Gasteiger partial charge in [0.1, 0.15) is 17.4 Å². The summed E-state index contributed by atoms with van der Waals surface area (Å²) in [4.78, 5) is 0. The highest BCUT2D eigenvalue weighted by Crippen LogP contribution is 2.26. The predicted octanol–water partition coefficient (Wildman–Crippen LogP) is 2.42. The second kappa shape index (κ2) is 4.37. The zero-order valence-corrected chi connectivity index (χ0v) is 8.05. The average molecular weight is 202 g/mol. The molecule has 1 aromatic carbocycles. The molecule has 4 heteroatoms. The molecule has 0 aliphatic rings. The summed E-state index contributed by atoms with van der Waals surface area (Å²) in [5.74, 6) is -1.46. The lowest BCUT2D eigenvalue weighted by molar-refractivity contribution is 0.163. The Bertz CT molecular complexity index is 303. The first-order valence-corrected chi connectivity index (χ1v) is 4.31. The summed E-state index contributed by atoms with van der Waals surface area (Å²) < 4.78 is 31.2. The first kappa shape index (κ1) is 10.9. The van der Waals surface area contributed by atoms with Crippen molar-refractivity contribution in [3.05, 3.63) is 29.3 Å². The van der Waals surface area contributed by atoms with E-state index in [0.717, 1.165) is 12.1 Å². The fourth-order valence-electron chi connectivity index (χ4n) is 1.20. The Morgan fingerprint density at radius 1 is 1.36 bits per heavy atom. The smallest absolute Gasteiger partial charge is 0.135 e. The van der Waals surface area contributed by atoms with Gasteiger partial charge in [-0.15, -0.1) is 0 Å². The molecule has 0 bridgehead atoms. The van der Waals surface area contributed by atoms with Gasteiger partial charge in [-0.3, -0.25) is 0 Å². The van der Waals surface area contributed by atoms with Crippen LogP contribution < -0.4 is 4.74 Å². The van der Waals surface area contributed by atoms with Crippen LogP contribution in [0.1, 0.15) is 25.0 Å². The molecule has 0 unspecified atom stereocenters. The van der Waals surface area contributed by atoms with E-state index < -0.39 is 17.7 Å². The van der Waals surface area contributed by atoms with Gasteiger partial charge in [0, 0.05) is 12.1 Å². The SMILES string of the molecule is CC[C@@H](O)c1c(F)cc(OC)cc1F. The standard InChI is InChI=1S/C10H12F2O2/c1-3-9(13)10-7(11)4-6(14-2)5-8(10)12/h4-5,9,13H,3H2,1-2H3/t9-/m1/s1. The van der Waals surface area contributed by atoms with Crippen molar-refractivity contribution in [1.29, 1.82) is 0 Å². The minimum Gasteiger partial charge on any atom is -0.497 e. The van der Waals surface area contributed by atoms with E-state index in [2.05, 4.69) is 4.74 Å². The fourth-order valence-corrected chi connectivity index (χ4v) is 1.20. The summed E-state index contributed by atoms with van der Waals surface area (Å²) in [6.45, 7) is 1.65. The zero-order valence-electron chi connectivity index (χ0n) is 8.05. The van der Waals surface area contributed by atoms with E-state index in [9.17, 15) is 13.9 Å². The quantitative estimate of drug-likeness (QED) is 0.815. The molecule has 1 atom stereocenters. The van der Waals surface area contributed by atoms with E-state index >= 15 is 0 Å². The van der Waals surface area contributed by atoms with Gasteiger partial charge in [0.2, 0.25) is 0 Å². The van der Waals surface area contributed by atoms with E-state index in [1.165, 1.54) is 7.11 Å². The number of methoxy groups -OCH3 is 1. The first-order valence-electron chi connectivity index (χ1n) is 4.31. The molecule has 0 heterocycles. The van der Waals surface area contributed by atoms with E-state index in [4.69, 9.17) is 0 Å². The van der Waals surface area contributed by atoms with Crippen LogP contribution in [-0.4, -0.2) is 12.2 Å². The molecule has 0 aliphatic heterocycles. The Morgan fingerprint density at radius 3 is 2.21 bits per heavy atom. The van der Waals surface area contributed by atoms with Gasteiger partial charge in [-0.2, -0.15) is 0 Å². The molecule has 0 radical (unpaired) electrons. The lowest BCUT2D eigenvalue weighted by Gasteiger charge is -2.11. The molecule has 0 aliphatic carbocycles. The van der Waals surface area contributed by atoms with Gasteiger partial charge in [-0.25, -0.2) is 8.78 Å². The topological polar surface area (TPSA) is 29.5 Å². The molecule has 14 heavy (non-hydrogen) atoms. The minimum atomic E-state index is -1.11. The highest BCUT2D eigenvalue weighted by atomic mass is 19.1. The summed E-state index contributed by atoms with van der Waals surface area (Å²) >= 11 is 0. The molecule has 1 rings (SSSR count). The Hall–Kier alpha value is -1.16. The number of rotatable bonds is 3. The summed E-state index contributed by atoms with van der Waals surface area (Å²) in [5, 5.41) is 9.33. The van der Waals surface area contributed by atoms with E-state index in [-0.39, 0.29) is 17.7 Å². The largest absolute Gasteiger partial charge is 0.497 e. The molecule has 78 valence electrons. The minimum absolute atomic E-state index is 0.104. The molecular weight excluding hydrogens is 190 g/mol. The molecule has 0 spiro atoms. The lowest BCUT2D eigenvalue weighted by atomic mass is 10.1. The zero-order chi connectivity index (χ0) is 10.7. The normalized spacial score (nSPS) is 12.6. The predicted molar refractivity (Wildman–Crippen MR) is 48.2 cm³/mol. The Morgan fingerprint density at radius 2 is 1.86 bits per heavy atom. The van der Waals surface area contributed by atoms with Crippen molar-refractivity contribution in [1.82, 2.24) is 0 Å². The summed E-state index contributed by atoms with van der Waals surface area (Å²) in [6.07, 6.45) is -0.846. The van der Waals surface area contributed by atoms with Crippen LogP contribution in [0.5, 0.6) is 5.75 Å². The summed E-state index contributed by atoms with van der Waals surface area (Å²) in [5.41, 5.74) is -0.298. The molecule has 0 saturated carbocycles.